The predicted molar refractivity (Wildman–Crippen MR) is 41.9 cm³/mol. The number of hydrogen-bond donors (Lipinski definition) is 0. The summed E-state index contributed by atoms with van der Waals surface area (Å²) < 4.78 is 10.7. The Labute approximate surface area is 71.0 Å². The third kappa shape index (κ3) is 2.43. The first kappa shape index (κ1) is 8.86. The van der Waals surface area contributed by atoms with Crippen molar-refractivity contribution in [2.75, 3.05) is 0 Å². The van der Waals surface area contributed by atoms with Crippen LogP contribution in [0, 0.1) is 0 Å². The van der Waals surface area contributed by atoms with Crippen molar-refractivity contribution in [2.24, 2.45) is 0 Å². The first-order valence-corrected chi connectivity index (χ1v) is 7.31. The first-order chi connectivity index (χ1) is 4.49. The van der Waals surface area contributed by atoms with Gasteiger partial charge in [0, 0.05) is 0 Å². The average Bonchev–Trinajstić information content (AvgIpc) is 1.54. The van der Waals surface area contributed by atoms with E-state index in [0.29, 0.717) is 0 Å². The van der Waals surface area contributed by atoms with Gasteiger partial charge < -0.3 is 0 Å². The zero-order valence-corrected chi connectivity index (χ0v) is 9.06. The third-order valence-electron chi connectivity index (χ3n) is 1.36. The molecule has 2 atom stereocenters. The van der Waals surface area contributed by atoms with Crippen LogP contribution in [0.15, 0.2) is 0 Å². The van der Waals surface area contributed by atoms with E-state index in [1.165, 1.54) is 0 Å². The Morgan fingerprint density at radius 1 is 1.60 bits per heavy atom. The third-order valence-corrected chi connectivity index (χ3v) is 4.57. The van der Waals surface area contributed by atoms with E-state index in [2.05, 4.69) is 13.8 Å². The summed E-state index contributed by atoms with van der Waals surface area (Å²) in [5.41, 5.74) is -0.0700. The van der Waals surface area contributed by atoms with E-state index in [1.54, 1.807) is 0 Å². The van der Waals surface area contributed by atoms with Crippen LogP contribution in [-0.4, -0.2) is 26.1 Å². The molecule has 1 saturated heterocycles. The molecule has 0 aromatic heterocycles. The second kappa shape index (κ2) is 3.02. The van der Waals surface area contributed by atoms with Crippen LogP contribution in [0.2, 0.25) is 0 Å². The van der Waals surface area contributed by atoms with E-state index >= 15 is 0 Å². The fourth-order valence-corrected chi connectivity index (χ4v) is 4.61. The van der Waals surface area contributed by atoms with Crippen molar-refractivity contribution < 1.29 is 7.45 Å². The van der Waals surface area contributed by atoms with Crippen molar-refractivity contribution in [3.05, 3.63) is 0 Å². The van der Waals surface area contributed by atoms with Crippen LogP contribution in [0.1, 0.15) is 27.2 Å². The van der Waals surface area contributed by atoms with Gasteiger partial charge >= 0.3 is 70.7 Å². The van der Waals surface area contributed by atoms with Gasteiger partial charge in [-0.1, -0.05) is 0 Å². The van der Waals surface area contributed by atoms with Crippen LogP contribution in [0.4, 0.5) is 0 Å². The Morgan fingerprint density at radius 3 is 2.60 bits per heavy atom. The summed E-state index contributed by atoms with van der Waals surface area (Å²) in [4.78, 5) is 0. The SMILES string of the molecule is C[C@@H]1CC(C)(C)O[As](Cl)O1. The molecule has 1 aliphatic heterocycles. The van der Waals surface area contributed by atoms with Gasteiger partial charge in [0.15, 0.2) is 0 Å². The number of halogens is 1. The molecular weight excluding hydrogens is 214 g/mol. The van der Waals surface area contributed by atoms with Crippen LogP contribution in [0.25, 0.3) is 0 Å². The van der Waals surface area contributed by atoms with Crippen molar-refractivity contribution in [2.45, 2.75) is 38.9 Å². The monoisotopic (exact) mass is 226 g/mol. The van der Waals surface area contributed by atoms with Gasteiger partial charge in [0.1, 0.15) is 0 Å². The molecular formula is C6H12AsClO2. The molecule has 1 unspecified atom stereocenters. The summed E-state index contributed by atoms with van der Waals surface area (Å²) in [6.45, 7) is 6.14. The molecule has 2 nitrogen and oxygen atoms in total. The van der Waals surface area contributed by atoms with E-state index in [4.69, 9.17) is 17.4 Å². The molecule has 0 amide bonds. The topological polar surface area (TPSA) is 18.5 Å². The van der Waals surface area contributed by atoms with Gasteiger partial charge in [-0.25, -0.2) is 0 Å². The zero-order valence-electron chi connectivity index (χ0n) is 6.43. The van der Waals surface area contributed by atoms with Gasteiger partial charge in [-0.05, 0) is 0 Å². The summed E-state index contributed by atoms with van der Waals surface area (Å²) in [6.07, 6.45) is 1.20. The van der Waals surface area contributed by atoms with Gasteiger partial charge in [0.25, 0.3) is 0 Å². The van der Waals surface area contributed by atoms with Gasteiger partial charge in [0.2, 0.25) is 0 Å². The Kier molecular flexibility index (Phi) is 2.68. The second-order valence-electron chi connectivity index (χ2n) is 3.18. The van der Waals surface area contributed by atoms with Gasteiger partial charge in [-0.3, -0.25) is 0 Å². The molecule has 0 N–H and O–H groups in total. The molecule has 0 aliphatic carbocycles. The Bertz CT molecular complexity index is 117. The number of rotatable bonds is 0. The maximum absolute atomic E-state index is 5.80. The van der Waals surface area contributed by atoms with Gasteiger partial charge in [-0.15, -0.1) is 0 Å². The molecule has 4 heteroatoms. The van der Waals surface area contributed by atoms with Gasteiger partial charge in [-0.2, -0.15) is 0 Å². The minimum absolute atomic E-state index is 0.0700. The molecule has 0 radical (unpaired) electrons. The molecule has 0 aromatic carbocycles. The van der Waals surface area contributed by atoms with Crippen LogP contribution in [0.3, 0.4) is 0 Å². The summed E-state index contributed by atoms with van der Waals surface area (Å²) in [5.74, 6) is 0. The molecule has 0 spiro atoms. The number of hydrogen-bond acceptors (Lipinski definition) is 2. The van der Waals surface area contributed by atoms with E-state index in [1.807, 2.05) is 6.92 Å². The van der Waals surface area contributed by atoms with Gasteiger partial charge in [0.05, 0.1) is 0 Å². The zero-order chi connectivity index (χ0) is 7.78. The minimum atomic E-state index is -1.87. The van der Waals surface area contributed by atoms with E-state index in [0.717, 1.165) is 6.42 Å². The van der Waals surface area contributed by atoms with Crippen molar-refractivity contribution in [3.63, 3.8) is 0 Å². The average molecular weight is 227 g/mol. The van der Waals surface area contributed by atoms with Crippen LogP contribution >= 0.6 is 9.95 Å². The summed E-state index contributed by atoms with van der Waals surface area (Å²) in [5, 5.41) is 0. The predicted octanol–water partition coefficient (Wildman–Crippen LogP) is 1.81. The van der Waals surface area contributed by atoms with Crippen molar-refractivity contribution in [3.8, 4) is 0 Å². The molecule has 1 heterocycles. The van der Waals surface area contributed by atoms with Crippen LogP contribution in [0.5, 0.6) is 0 Å². The Balaban J connectivity index is 2.51. The molecule has 0 aromatic rings. The maximum atomic E-state index is 5.80. The molecule has 0 bridgehead atoms. The quantitative estimate of drug-likeness (QED) is 0.587. The molecule has 10 heavy (non-hydrogen) atoms. The van der Waals surface area contributed by atoms with E-state index in [9.17, 15) is 0 Å². The molecule has 60 valence electrons. The molecule has 1 rings (SSSR count). The Morgan fingerprint density at radius 2 is 2.20 bits per heavy atom. The second-order valence-corrected chi connectivity index (χ2v) is 6.34. The summed E-state index contributed by atoms with van der Waals surface area (Å²) >= 11 is -1.87. The molecule has 1 fully saturated rings. The summed E-state index contributed by atoms with van der Waals surface area (Å²) in [7, 11) is 5.80. The van der Waals surface area contributed by atoms with Crippen LogP contribution < -0.4 is 0 Å². The Hall–Kier alpha value is 0.768. The van der Waals surface area contributed by atoms with Crippen molar-refractivity contribution in [1.29, 1.82) is 0 Å². The fourth-order valence-electron chi connectivity index (χ4n) is 1.12. The molecule has 0 saturated carbocycles. The molecule has 1 aliphatic rings. The van der Waals surface area contributed by atoms with E-state index < -0.39 is 14.4 Å². The van der Waals surface area contributed by atoms with Crippen LogP contribution in [-0.2, 0) is 7.45 Å². The van der Waals surface area contributed by atoms with Crippen molar-refractivity contribution >= 4 is 24.3 Å². The standard InChI is InChI=1S/C6H12AsClO2/c1-5-4-6(2,3)10-7(8)9-5/h5H,4H2,1-3H3/t5-,7?/m1/s1. The summed E-state index contributed by atoms with van der Waals surface area (Å²) in [6, 6.07) is 0. The first-order valence-electron chi connectivity index (χ1n) is 3.31. The van der Waals surface area contributed by atoms with Crippen molar-refractivity contribution in [1.82, 2.24) is 0 Å². The van der Waals surface area contributed by atoms with E-state index in [-0.39, 0.29) is 11.7 Å². The normalized spacial score (nSPS) is 39.6. The fraction of sp³-hybridized carbons (Fsp3) is 1.00.